The number of ketones is 1. The molecule has 220 valence electrons. The average molecular weight is 574 g/mol. The van der Waals surface area contributed by atoms with Gasteiger partial charge in [-0.3, -0.25) is 9.69 Å². The largest absolute Gasteiger partial charge is 0.356 e. The van der Waals surface area contributed by atoms with E-state index in [0.717, 1.165) is 83.8 Å². The molecule has 6 nitrogen and oxygen atoms in total. The maximum atomic E-state index is 13.5. The fraction of sp³-hybridized carbons (Fsp3) is 0.324. The Morgan fingerprint density at radius 3 is 2.28 bits per heavy atom. The normalized spacial score (nSPS) is 16.8. The summed E-state index contributed by atoms with van der Waals surface area (Å²) in [6.07, 6.45) is 11.7. The predicted molar refractivity (Wildman–Crippen MR) is 174 cm³/mol. The van der Waals surface area contributed by atoms with Crippen LogP contribution in [0.15, 0.2) is 89.6 Å². The van der Waals surface area contributed by atoms with Gasteiger partial charge in [0.05, 0.1) is 5.71 Å². The number of hydrogen-bond acceptors (Lipinski definition) is 5. The minimum absolute atomic E-state index is 0.0180. The van der Waals surface area contributed by atoms with E-state index in [4.69, 9.17) is 4.84 Å². The number of piperidine rings is 1. The molecule has 1 aliphatic carbocycles. The molecule has 1 aliphatic heterocycles. The number of aryl methyl sites for hydroxylation is 2. The summed E-state index contributed by atoms with van der Waals surface area (Å²) in [5, 5.41) is 6.40. The van der Waals surface area contributed by atoms with Crippen LogP contribution in [0, 0.1) is 6.92 Å². The molecule has 3 aromatic carbocycles. The Hall–Kier alpha value is -4.29. The molecule has 0 N–H and O–H groups in total. The smallest absolute Gasteiger partial charge is 0.341 e. The summed E-state index contributed by atoms with van der Waals surface area (Å²) >= 11 is 0. The van der Waals surface area contributed by atoms with E-state index < -0.39 is 6.04 Å². The molecular weight excluding hydrogens is 534 g/mol. The molecule has 1 atom stereocenters. The summed E-state index contributed by atoms with van der Waals surface area (Å²) in [7, 11) is 0. The molecule has 6 heteroatoms. The van der Waals surface area contributed by atoms with Gasteiger partial charge in [0.25, 0.3) is 0 Å². The first-order valence-electron chi connectivity index (χ1n) is 15.5. The molecule has 0 bridgehead atoms. The third-order valence-electron chi connectivity index (χ3n) is 8.84. The highest BCUT2D eigenvalue weighted by Gasteiger charge is 2.31. The van der Waals surface area contributed by atoms with Crippen molar-refractivity contribution >= 4 is 39.3 Å². The van der Waals surface area contributed by atoms with Gasteiger partial charge in [0.15, 0.2) is 5.78 Å². The van der Waals surface area contributed by atoms with Crippen molar-refractivity contribution in [1.29, 1.82) is 0 Å². The fourth-order valence-corrected chi connectivity index (χ4v) is 6.52. The van der Waals surface area contributed by atoms with Crippen molar-refractivity contribution < 1.29 is 14.4 Å². The minimum atomic E-state index is -0.428. The SMILES string of the molecule is CCn1c2ccc(C(=O)c3ccccc3C)cc2c2cc(C(C)=NOC(=O)C(C3=CCCC=C3)N3CCCCC3)ccc21. The van der Waals surface area contributed by atoms with Crippen molar-refractivity contribution in [3.8, 4) is 0 Å². The number of rotatable bonds is 8. The van der Waals surface area contributed by atoms with Crippen molar-refractivity contribution in [2.24, 2.45) is 5.16 Å². The van der Waals surface area contributed by atoms with E-state index >= 15 is 0 Å². The van der Waals surface area contributed by atoms with Crippen LogP contribution in [-0.2, 0) is 16.2 Å². The van der Waals surface area contributed by atoms with E-state index in [1.54, 1.807) is 0 Å². The highest BCUT2D eigenvalue weighted by Crippen LogP contribution is 2.32. The number of allylic oxidation sites excluding steroid dienone is 2. The van der Waals surface area contributed by atoms with Crippen LogP contribution < -0.4 is 0 Å². The molecule has 1 unspecified atom stereocenters. The molecule has 6 rings (SSSR count). The molecule has 0 amide bonds. The van der Waals surface area contributed by atoms with Crippen LogP contribution in [0.2, 0.25) is 0 Å². The summed E-state index contributed by atoms with van der Waals surface area (Å²) < 4.78 is 2.26. The number of aromatic nitrogens is 1. The van der Waals surface area contributed by atoms with Crippen LogP contribution >= 0.6 is 0 Å². The van der Waals surface area contributed by atoms with Gasteiger partial charge in [0.1, 0.15) is 6.04 Å². The zero-order valence-corrected chi connectivity index (χ0v) is 25.3. The van der Waals surface area contributed by atoms with Crippen molar-refractivity contribution in [3.05, 3.63) is 107 Å². The number of nitrogens with zero attached hydrogens (tertiary/aromatic N) is 3. The molecule has 1 fully saturated rings. The van der Waals surface area contributed by atoms with Crippen LogP contribution in [0.3, 0.4) is 0 Å². The van der Waals surface area contributed by atoms with Gasteiger partial charge >= 0.3 is 5.97 Å². The Balaban J connectivity index is 1.32. The van der Waals surface area contributed by atoms with Gasteiger partial charge in [-0.05, 0) is 107 Å². The summed E-state index contributed by atoms with van der Waals surface area (Å²) in [5.74, 6) is -0.313. The van der Waals surface area contributed by atoms with Crippen molar-refractivity contribution in [3.63, 3.8) is 0 Å². The van der Waals surface area contributed by atoms with Gasteiger partial charge in [-0.15, -0.1) is 0 Å². The molecule has 0 saturated carbocycles. The van der Waals surface area contributed by atoms with E-state index in [9.17, 15) is 9.59 Å². The maximum Gasteiger partial charge on any atom is 0.356 e. The first-order chi connectivity index (χ1) is 21.0. The number of carbonyl (C=O) groups excluding carboxylic acids is 2. The van der Waals surface area contributed by atoms with Gasteiger partial charge in [-0.25, -0.2) is 4.79 Å². The van der Waals surface area contributed by atoms with E-state index in [1.807, 2.05) is 62.4 Å². The van der Waals surface area contributed by atoms with Crippen LogP contribution in [0.1, 0.15) is 73.0 Å². The lowest BCUT2D eigenvalue weighted by Crippen LogP contribution is -2.45. The average Bonchev–Trinajstić information content (AvgIpc) is 3.37. The Labute approximate surface area is 253 Å². The van der Waals surface area contributed by atoms with Crippen LogP contribution in [0.4, 0.5) is 0 Å². The van der Waals surface area contributed by atoms with Gasteiger partial charge in [0.2, 0.25) is 0 Å². The van der Waals surface area contributed by atoms with Crippen molar-refractivity contribution in [2.45, 2.75) is 65.5 Å². The third kappa shape index (κ3) is 5.72. The molecule has 4 aromatic rings. The Bertz CT molecular complexity index is 1790. The minimum Gasteiger partial charge on any atom is -0.341 e. The van der Waals surface area contributed by atoms with Gasteiger partial charge in [0, 0.05) is 39.5 Å². The highest BCUT2D eigenvalue weighted by molar-refractivity contribution is 6.16. The first kappa shape index (κ1) is 28.8. The van der Waals surface area contributed by atoms with Crippen molar-refractivity contribution in [1.82, 2.24) is 9.47 Å². The van der Waals surface area contributed by atoms with E-state index in [1.165, 1.54) is 6.42 Å². The fourth-order valence-electron chi connectivity index (χ4n) is 6.52. The predicted octanol–water partition coefficient (Wildman–Crippen LogP) is 7.75. The summed E-state index contributed by atoms with van der Waals surface area (Å²) in [5.41, 5.74) is 7.03. The monoisotopic (exact) mass is 573 g/mol. The van der Waals surface area contributed by atoms with E-state index in [2.05, 4.69) is 51.9 Å². The molecule has 2 heterocycles. The quantitative estimate of drug-likeness (QED) is 0.0936. The second kappa shape index (κ2) is 12.5. The van der Waals surface area contributed by atoms with Gasteiger partial charge in [-0.1, -0.05) is 60.1 Å². The topological polar surface area (TPSA) is 63.9 Å². The summed E-state index contributed by atoms with van der Waals surface area (Å²) in [6.45, 7) is 8.54. The molecule has 0 radical (unpaired) electrons. The molecular formula is C37H39N3O3. The number of hydrogen-bond donors (Lipinski definition) is 0. The molecule has 0 spiro atoms. The van der Waals surface area contributed by atoms with Crippen LogP contribution in [0.5, 0.6) is 0 Å². The van der Waals surface area contributed by atoms with Crippen LogP contribution in [-0.4, -0.2) is 46.1 Å². The molecule has 1 saturated heterocycles. The zero-order valence-electron chi connectivity index (χ0n) is 25.3. The lowest BCUT2D eigenvalue weighted by molar-refractivity contribution is -0.148. The third-order valence-corrected chi connectivity index (χ3v) is 8.84. The highest BCUT2D eigenvalue weighted by atomic mass is 16.7. The number of benzene rings is 3. The number of fused-ring (bicyclic) bond motifs is 3. The maximum absolute atomic E-state index is 13.5. The molecule has 2 aliphatic rings. The number of carbonyl (C=O) groups is 2. The van der Waals surface area contributed by atoms with Gasteiger partial charge in [-0.2, -0.15) is 0 Å². The Kier molecular flexibility index (Phi) is 8.39. The van der Waals surface area contributed by atoms with Crippen LogP contribution in [0.25, 0.3) is 21.8 Å². The Morgan fingerprint density at radius 2 is 1.60 bits per heavy atom. The molecule has 1 aromatic heterocycles. The molecule has 43 heavy (non-hydrogen) atoms. The number of likely N-dealkylation sites (tertiary alicyclic amines) is 1. The first-order valence-corrected chi connectivity index (χ1v) is 15.5. The number of oxime groups is 1. The standard InChI is InChI=1S/C37H39N3O3/c1-4-40-33-19-17-28(23-31(33)32-24-29(18-20-34(32)40)36(41)30-16-10-9-13-25(30)2)26(3)38-43-37(42)35(27-14-7-5-8-15-27)39-21-11-6-12-22-39/h7,9-10,13-20,23-24,35H,4-6,8,11-12,21-22H2,1-3H3. The lowest BCUT2D eigenvalue weighted by atomic mass is 9.97. The van der Waals surface area contributed by atoms with Crippen molar-refractivity contribution in [2.75, 3.05) is 13.1 Å². The van der Waals surface area contributed by atoms with E-state index in [0.29, 0.717) is 16.8 Å². The Morgan fingerprint density at radius 1 is 0.907 bits per heavy atom. The second-order valence-corrected chi connectivity index (χ2v) is 11.6. The lowest BCUT2D eigenvalue weighted by Gasteiger charge is -2.33. The summed E-state index contributed by atoms with van der Waals surface area (Å²) in [4.78, 5) is 34.8. The van der Waals surface area contributed by atoms with E-state index in [-0.39, 0.29) is 11.8 Å². The van der Waals surface area contributed by atoms with Gasteiger partial charge < -0.3 is 9.40 Å². The second-order valence-electron chi connectivity index (χ2n) is 11.6. The zero-order chi connectivity index (χ0) is 29.9. The summed E-state index contributed by atoms with van der Waals surface area (Å²) in [6, 6.07) is 19.4.